The fourth-order valence-corrected chi connectivity index (χ4v) is 2.90. The van der Waals surface area contributed by atoms with Crippen LogP contribution in [0.15, 0.2) is 41.6 Å². The Morgan fingerprint density at radius 1 is 1.18 bits per heavy atom. The van der Waals surface area contributed by atoms with E-state index in [0.29, 0.717) is 0 Å². The quantitative estimate of drug-likeness (QED) is 0.671. The zero-order valence-electron chi connectivity index (χ0n) is 13.0. The van der Waals surface area contributed by atoms with Crippen molar-refractivity contribution in [3.8, 4) is 0 Å². The summed E-state index contributed by atoms with van der Waals surface area (Å²) in [5.41, 5.74) is 0.806. The maximum absolute atomic E-state index is 12.2. The first-order valence-electron chi connectivity index (χ1n) is 6.83. The van der Waals surface area contributed by atoms with Gasteiger partial charge in [-0.3, -0.25) is 4.68 Å². The Bertz CT molecular complexity index is 748. The molecule has 0 saturated carbocycles. The van der Waals surface area contributed by atoms with Crippen LogP contribution in [0.3, 0.4) is 0 Å². The number of aromatic nitrogens is 2. The van der Waals surface area contributed by atoms with Crippen molar-refractivity contribution in [2.24, 2.45) is 0 Å². The average molecular weight is 324 g/mol. The smallest absolute Gasteiger partial charge is 0.299 e. The minimum Gasteiger partial charge on any atom is -0.365 e. The molecule has 1 N–H and O–H groups in total. The highest BCUT2D eigenvalue weighted by Gasteiger charge is 2.35. The Balaban J connectivity index is 2.23. The standard InChI is InChI=1S/C15H20N2O4S/c1-11-5-7-13(8-6-11)22(19,20)21-14(18)15(3,4)17-10-12(2)9-16-17/h5-10,14,18H,1-4H3. The lowest BCUT2D eigenvalue weighted by Gasteiger charge is -2.30. The highest BCUT2D eigenvalue weighted by Crippen LogP contribution is 2.24. The molecule has 1 aromatic carbocycles. The van der Waals surface area contributed by atoms with E-state index >= 15 is 0 Å². The van der Waals surface area contributed by atoms with Crippen molar-refractivity contribution in [3.63, 3.8) is 0 Å². The van der Waals surface area contributed by atoms with Gasteiger partial charge in [-0.25, -0.2) is 4.18 Å². The molecule has 0 aliphatic carbocycles. The minimum atomic E-state index is -4.05. The van der Waals surface area contributed by atoms with Gasteiger partial charge in [0.05, 0.1) is 11.1 Å². The van der Waals surface area contributed by atoms with E-state index in [9.17, 15) is 13.5 Å². The predicted molar refractivity (Wildman–Crippen MR) is 81.7 cm³/mol. The van der Waals surface area contributed by atoms with Gasteiger partial charge in [0.1, 0.15) is 5.54 Å². The van der Waals surface area contributed by atoms with Gasteiger partial charge in [-0.15, -0.1) is 0 Å². The molecule has 22 heavy (non-hydrogen) atoms. The van der Waals surface area contributed by atoms with Gasteiger partial charge >= 0.3 is 0 Å². The molecule has 0 aliphatic rings. The Kier molecular flexibility index (Phi) is 4.42. The van der Waals surface area contributed by atoms with Crippen LogP contribution in [0.25, 0.3) is 0 Å². The SMILES string of the molecule is Cc1ccc(S(=O)(=O)OC(O)C(C)(C)n2cc(C)cn2)cc1. The number of aryl methyl sites for hydroxylation is 2. The fourth-order valence-electron chi connectivity index (χ4n) is 1.84. The summed E-state index contributed by atoms with van der Waals surface area (Å²) in [6.07, 6.45) is 1.77. The molecule has 0 radical (unpaired) electrons. The van der Waals surface area contributed by atoms with Crippen molar-refractivity contribution >= 4 is 10.1 Å². The molecule has 0 bridgehead atoms. The van der Waals surface area contributed by atoms with E-state index < -0.39 is 21.9 Å². The zero-order chi connectivity index (χ0) is 16.5. The Morgan fingerprint density at radius 2 is 1.77 bits per heavy atom. The van der Waals surface area contributed by atoms with Gasteiger partial charge in [-0.2, -0.15) is 13.5 Å². The molecule has 1 unspecified atom stereocenters. The van der Waals surface area contributed by atoms with Crippen LogP contribution < -0.4 is 0 Å². The third-order valence-corrected chi connectivity index (χ3v) is 4.72. The number of benzene rings is 1. The van der Waals surface area contributed by atoms with Gasteiger partial charge in [0.15, 0.2) is 6.29 Å². The summed E-state index contributed by atoms with van der Waals surface area (Å²) >= 11 is 0. The molecule has 0 amide bonds. The second-order valence-electron chi connectivity index (χ2n) is 5.83. The van der Waals surface area contributed by atoms with Crippen LogP contribution in [0.5, 0.6) is 0 Å². The third-order valence-electron chi connectivity index (χ3n) is 3.43. The predicted octanol–water partition coefficient (Wildman–Crippen LogP) is 1.96. The molecule has 2 rings (SSSR count). The van der Waals surface area contributed by atoms with Crippen LogP contribution in [-0.4, -0.2) is 29.6 Å². The first-order chi connectivity index (χ1) is 10.1. The van der Waals surface area contributed by atoms with E-state index in [-0.39, 0.29) is 4.90 Å². The molecular weight excluding hydrogens is 304 g/mol. The molecule has 7 heteroatoms. The number of nitrogens with zero attached hydrogens (tertiary/aromatic N) is 2. The summed E-state index contributed by atoms with van der Waals surface area (Å²) in [5, 5.41) is 14.3. The summed E-state index contributed by atoms with van der Waals surface area (Å²) in [7, 11) is -4.05. The van der Waals surface area contributed by atoms with Crippen LogP contribution in [0.1, 0.15) is 25.0 Å². The summed E-state index contributed by atoms with van der Waals surface area (Å²) in [4.78, 5) is 0.00426. The number of hydrogen-bond acceptors (Lipinski definition) is 5. The van der Waals surface area contributed by atoms with Gasteiger partial charge in [0, 0.05) is 6.20 Å². The lowest BCUT2D eigenvalue weighted by atomic mass is 10.1. The molecule has 120 valence electrons. The topological polar surface area (TPSA) is 81.4 Å². The van der Waals surface area contributed by atoms with Crippen molar-refractivity contribution in [1.29, 1.82) is 0 Å². The van der Waals surface area contributed by atoms with Gasteiger partial charge in [0.2, 0.25) is 0 Å². The van der Waals surface area contributed by atoms with E-state index in [2.05, 4.69) is 5.10 Å². The Labute approximate surface area is 130 Å². The summed E-state index contributed by atoms with van der Waals surface area (Å²) < 4.78 is 30.9. The van der Waals surface area contributed by atoms with Gasteiger partial charge in [0.25, 0.3) is 10.1 Å². The second kappa shape index (κ2) is 5.83. The number of hydrogen-bond donors (Lipinski definition) is 1. The molecule has 1 aromatic heterocycles. The van der Waals surface area contributed by atoms with E-state index in [1.165, 1.54) is 16.8 Å². The lowest BCUT2D eigenvalue weighted by molar-refractivity contribution is -0.0935. The summed E-state index contributed by atoms with van der Waals surface area (Å²) in [6.45, 7) is 7.01. The summed E-state index contributed by atoms with van der Waals surface area (Å²) in [5.74, 6) is 0. The van der Waals surface area contributed by atoms with Crippen molar-refractivity contribution in [2.45, 2.75) is 44.4 Å². The van der Waals surface area contributed by atoms with E-state index in [1.54, 1.807) is 38.4 Å². The first kappa shape index (κ1) is 16.7. The second-order valence-corrected chi connectivity index (χ2v) is 7.40. The first-order valence-corrected chi connectivity index (χ1v) is 8.23. The van der Waals surface area contributed by atoms with E-state index in [0.717, 1.165) is 11.1 Å². The highest BCUT2D eigenvalue weighted by atomic mass is 32.2. The molecule has 1 heterocycles. The van der Waals surface area contributed by atoms with Gasteiger partial charge in [-0.05, 0) is 45.4 Å². The number of rotatable bonds is 5. The minimum absolute atomic E-state index is 0.00426. The van der Waals surface area contributed by atoms with Crippen LogP contribution in [-0.2, 0) is 19.8 Å². The summed E-state index contributed by atoms with van der Waals surface area (Å²) in [6, 6.07) is 6.24. The number of aliphatic hydroxyl groups is 1. The van der Waals surface area contributed by atoms with Crippen molar-refractivity contribution < 1.29 is 17.7 Å². The molecule has 0 aliphatic heterocycles. The van der Waals surface area contributed by atoms with Crippen LogP contribution in [0.2, 0.25) is 0 Å². The largest absolute Gasteiger partial charge is 0.365 e. The molecule has 6 nitrogen and oxygen atoms in total. The van der Waals surface area contributed by atoms with Crippen LogP contribution in [0, 0.1) is 13.8 Å². The highest BCUT2D eigenvalue weighted by molar-refractivity contribution is 7.86. The zero-order valence-corrected chi connectivity index (χ0v) is 13.8. The maximum atomic E-state index is 12.2. The molecule has 2 aromatic rings. The molecule has 0 fully saturated rings. The van der Waals surface area contributed by atoms with Crippen LogP contribution >= 0.6 is 0 Å². The van der Waals surface area contributed by atoms with Crippen molar-refractivity contribution in [2.75, 3.05) is 0 Å². The molecule has 1 atom stereocenters. The molecule has 0 spiro atoms. The average Bonchev–Trinajstić information content (AvgIpc) is 2.86. The lowest BCUT2D eigenvalue weighted by Crippen LogP contribution is -2.42. The molecular formula is C15H20N2O4S. The van der Waals surface area contributed by atoms with E-state index in [4.69, 9.17) is 4.18 Å². The van der Waals surface area contributed by atoms with Crippen LogP contribution in [0.4, 0.5) is 0 Å². The number of aliphatic hydroxyl groups excluding tert-OH is 1. The van der Waals surface area contributed by atoms with Crippen molar-refractivity contribution in [3.05, 3.63) is 47.8 Å². The monoisotopic (exact) mass is 324 g/mol. The third kappa shape index (κ3) is 3.37. The van der Waals surface area contributed by atoms with Gasteiger partial charge in [-0.1, -0.05) is 17.7 Å². The van der Waals surface area contributed by atoms with Crippen molar-refractivity contribution in [1.82, 2.24) is 9.78 Å². The Hall–Kier alpha value is -1.70. The normalized spacial score (nSPS) is 14.0. The van der Waals surface area contributed by atoms with E-state index in [1.807, 2.05) is 13.8 Å². The Morgan fingerprint density at radius 3 is 2.27 bits per heavy atom. The fraction of sp³-hybridized carbons (Fsp3) is 0.400. The maximum Gasteiger partial charge on any atom is 0.299 e. The van der Waals surface area contributed by atoms with Gasteiger partial charge < -0.3 is 5.11 Å². The molecule has 0 saturated heterocycles.